The lowest BCUT2D eigenvalue weighted by Crippen LogP contribution is -1.81. The molecular formula is C14H12OS2. The van der Waals surface area contributed by atoms with Gasteiger partial charge in [0.2, 0.25) is 0 Å². The Morgan fingerprint density at radius 2 is 2.00 bits per heavy atom. The van der Waals surface area contributed by atoms with E-state index in [-0.39, 0.29) is 0 Å². The van der Waals surface area contributed by atoms with E-state index in [0.29, 0.717) is 0 Å². The average molecular weight is 260 g/mol. The van der Waals surface area contributed by atoms with Crippen molar-refractivity contribution in [3.05, 3.63) is 46.3 Å². The van der Waals surface area contributed by atoms with Gasteiger partial charge in [-0.2, -0.15) is 0 Å². The number of hydrogen-bond acceptors (Lipinski definition) is 3. The Bertz CT molecular complexity index is 557. The number of hydrogen-bond donors (Lipinski definition) is 0. The van der Waals surface area contributed by atoms with Crippen LogP contribution in [0, 0.1) is 0 Å². The van der Waals surface area contributed by atoms with Gasteiger partial charge in [0, 0.05) is 4.90 Å². The van der Waals surface area contributed by atoms with Gasteiger partial charge in [-0.1, -0.05) is 17.8 Å². The predicted molar refractivity (Wildman–Crippen MR) is 72.3 cm³/mol. The summed E-state index contributed by atoms with van der Waals surface area (Å²) in [5.74, 6) is 0. The van der Waals surface area contributed by atoms with Crippen LogP contribution in [0.4, 0.5) is 0 Å². The number of rotatable bonds is 3. The smallest absolute Gasteiger partial charge is 0.160 e. The van der Waals surface area contributed by atoms with Crippen molar-refractivity contribution in [3.8, 4) is 0 Å². The molecule has 0 amide bonds. The second-order valence-corrected chi connectivity index (χ2v) is 6.65. The van der Waals surface area contributed by atoms with E-state index < -0.39 is 0 Å². The highest BCUT2D eigenvalue weighted by molar-refractivity contribution is 8.01. The number of aldehydes is 1. The molecule has 0 fully saturated rings. The molecule has 86 valence electrons. The Hall–Kier alpha value is -1.06. The van der Waals surface area contributed by atoms with E-state index in [1.807, 2.05) is 12.1 Å². The summed E-state index contributed by atoms with van der Waals surface area (Å²) in [7, 11) is 0. The largest absolute Gasteiger partial charge is 0.297 e. The van der Waals surface area contributed by atoms with Crippen LogP contribution >= 0.6 is 23.1 Å². The van der Waals surface area contributed by atoms with Crippen molar-refractivity contribution in [2.75, 3.05) is 0 Å². The molecule has 1 aliphatic carbocycles. The van der Waals surface area contributed by atoms with Crippen molar-refractivity contribution < 1.29 is 4.79 Å². The van der Waals surface area contributed by atoms with Gasteiger partial charge in [0.15, 0.2) is 6.29 Å². The summed E-state index contributed by atoms with van der Waals surface area (Å²) in [6.07, 6.45) is 4.65. The molecule has 17 heavy (non-hydrogen) atoms. The van der Waals surface area contributed by atoms with E-state index in [4.69, 9.17) is 0 Å². The summed E-state index contributed by atoms with van der Waals surface area (Å²) in [6.45, 7) is 0. The minimum atomic E-state index is 0.800. The maximum Gasteiger partial charge on any atom is 0.160 e. The maximum atomic E-state index is 10.6. The summed E-state index contributed by atoms with van der Waals surface area (Å²) in [6, 6.07) is 10.6. The zero-order chi connectivity index (χ0) is 11.7. The van der Waals surface area contributed by atoms with Crippen LogP contribution in [0.3, 0.4) is 0 Å². The standard InChI is InChI=1S/C14H12OS2/c15-9-13-6-7-14(17-13)16-12-5-4-10-2-1-3-11(10)8-12/h4-9H,1-3H2. The van der Waals surface area contributed by atoms with Gasteiger partial charge in [0.1, 0.15) is 0 Å². The molecule has 3 rings (SSSR count). The molecule has 0 saturated carbocycles. The van der Waals surface area contributed by atoms with Crippen LogP contribution in [0.15, 0.2) is 39.4 Å². The van der Waals surface area contributed by atoms with Gasteiger partial charge >= 0.3 is 0 Å². The van der Waals surface area contributed by atoms with Crippen molar-refractivity contribution in [1.29, 1.82) is 0 Å². The van der Waals surface area contributed by atoms with Gasteiger partial charge in [-0.15, -0.1) is 11.3 Å². The molecule has 1 nitrogen and oxygen atoms in total. The van der Waals surface area contributed by atoms with Gasteiger partial charge < -0.3 is 0 Å². The Morgan fingerprint density at radius 3 is 2.82 bits per heavy atom. The fourth-order valence-corrected chi connectivity index (χ4v) is 4.18. The summed E-state index contributed by atoms with van der Waals surface area (Å²) in [5.41, 5.74) is 3.01. The fourth-order valence-electron chi connectivity index (χ4n) is 2.18. The monoisotopic (exact) mass is 260 g/mol. The first kappa shape index (κ1) is 11.1. The lowest BCUT2D eigenvalue weighted by Gasteiger charge is -2.02. The van der Waals surface area contributed by atoms with Crippen LogP contribution in [-0.4, -0.2) is 6.29 Å². The van der Waals surface area contributed by atoms with Crippen LogP contribution in [-0.2, 0) is 12.8 Å². The summed E-state index contributed by atoms with van der Waals surface area (Å²) in [4.78, 5) is 12.7. The minimum Gasteiger partial charge on any atom is -0.297 e. The highest BCUT2D eigenvalue weighted by Crippen LogP contribution is 2.35. The Morgan fingerprint density at radius 1 is 1.12 bits per heavy atom. The molecular weight excluding hydrogens is 248 g/mol. The Labute approximate surface area is 109 Å². The second-order valence-electron chi connectivity index (χ2n) is 4.16. The van der Waals surface area contributed by atoms with Crippen LogP contribution in [0.25, 0.3) is 0 Å². The number of thiophene rings is 1. The first-order valence-electron chi connectivity index (χ1n) is 5.70. The van der Waals surface area contributed by atoms with Crippen molar-refractivity contribution in [2.24, 2.45) is 0 Å². The average Bonchev–Trinajstić information content (AvgIpc) is 2.96. The molecule has 0 N–H and O–H groups in total. The molecule has 0 unspecified atom stereocenters. The fraction of sp³-hybridized carbons (Fsp3) is 0.214. The van der Waals surface area contributed by atoms with Crippen molar-refractivity contribution in [2.45, 2.75) is 28.4 Å². The van der Waals surface area contributed by atoms with Gasteiger partial charge in [0.05, 0.1) is 9.09 Å². The van der Waals surface area contributed by atoms with Crippen molar-refractivity contribution >= 4 is 29.4 Å². The molecule has 3 heteroatoms. The second kappa shape index (κ2) is 4.67. The van der Waals surface area contributed by atoms with Gasteiger partial charge in [-0.3, -0.25) is 4.79 Å². The van der Waals surface area contributed by atoms with Gasteiger partial charge in [-0.25, -0.2) is 0 Å². The first-order valence-corrected chi connectivity index (χ1v) is 7.33. The van der Waals surface area contributed by atoms with E-state index >= 15 is 0 Å². The van der Waals surface area contributed by atoms with Crippen molar-refractivity contribution in [1.82, 2.24) is 0 Å². The maximum absolute atomic E-state index is 10.6. The third kappa shape index (κ3) is 2.31. The van der Waals surface area contributed by atoms with E-state index in [0.717, 1.165) is 11.2 Å². The normalized spacial score (nSPS) is 13.6. The van der Waals surface area contributed by atoms with Gasteiger partial charge in [-0.05, 0) is 54.7 Å². The molecule has 0 aliphatic heterocycles. The summed E-state index contributed by atoms with van der Waals surface area (Å²) in [5, 5.41) is 0. The summed E-state index contributed by atoms with van der Waals surface area (Å²) >= 11 is 3.31. The number of carbonyl (C=O) groups excluding carboxylic acids is 1. The topological polar surface area (TPSA) is 17.1 Å². The van der Waals surface area contributed by atoms with Crippen LogP contribution < -0.4 is 0 Å². The highest BCUT2D eigenvalue weighted by Gasteiger charge is 2.11. The molecule has 1 heterocycles. The molecule has 1 aromatic heterocycles. The van der Waals surface area contributed by atoms with Gasteiger partial charge in [0.25, 0.3) is 0 Å². The van der Waals surface area contributed by atoms with E-state index in [9.17, 15) is 4.79 Å². The third-order valence-electron chi connectivity index (χ3n) is 3.01. The van der Waals surface area contributed by atoms with E-state index in [1.54, 1.807) is 23.1 Å². The number of fused-ring (bicyclic) bond motifs is 1. The van der Waals surface area contributed by atoms with E-state index in [2.05, 4.69) is 18.2 Å². The molecule has 0 atom stereocenters. The molecule has 0 spiro atoms. The zero-order valence-electron chi connectivity index (χ0n) is 9.31. The lowest BCUT2D eigenvalue weighted by molar-refractivity contribution is 0.112. The Kier molecular flexibility index (Phi) is 3.04. The van der Waals surface area contributed by atoms with Crippen molar-refractivity contribution in [3.63, 3.8) is 0 Å². The minimum absolute atomic E-state index is 0.800. The molecule has 2 aromatic rings. The third-order valence-corrected chi connectivity index (χ3v) is 5.14. The zero-order valence-corrected chi connectivity index (χ0v) is 10.9. The lowest BCUT2D eigenvalue weighted by atomic mass is 10.1. The number of aryl methyl sites for hydroxylation is 2. The summed E-state index contributed by atoms with van der Waals surface area (Å²) < 4.78 is 1.19. The van der Waals surface area contributed by atoms with E-state index in [1.165, 1.54) is 39.5 Å². The number of benzene rings is 1. The first-order chi connectivity index (χ1) is 8.35. The van der Waals surface area contributed by atoms with Crippen LogP contribution in [0.5, 0.6) is 0 Å². The van der Waals surface area contributed by atoms with Crippen LogP contribution in [0.2, 0.25) is 0 Å². The number of carbonyl (C=O) groups is 1. The highest BCUT2D eigenvalue weighted by atomic mass is 32.2. The predicted octanol–water partition coefficient (Wildman–Crippen LogP) is 4.20. The molecule has 1 aromatic carbocycles. The quantitative estimate of drug-likeness (QED) is 0.769. The molecule has 0 bridgehead atoms. The Balaban J connectivity index is 1.83. The molecule has 0 radical (unpaired) electrons. The SMILES string of the molecule is O=Cc1ccc(Sc2ccc3c(c2)CCC3)s1. The molecule has 1 aliphatic rings. The van der Waals surface area contributed by atoms with Crippen LogP contribution in [0.1, 0.15) is 27.2 Å². The molecule has 0 saturated heterocycles.